The van der Waals surface area contributed by atoms with Crippen LogP contribution in [0.4, 0.5) is 0 Å². The maximum atomic E-state index is 11.6. The Bertz CT molecular complexity index is 440. The van der Waals surface area contributed by atoms with Gasteiger partial charge in [0.25, 0.3) is 0 Å². The first kappa shape index (κ1) is 14.6. The fourth-order valence-corrected chi connectivity index (χ4v) is 2.91. The summed E-state index contributed by atoms with van der Waals surface area (Å²) < 4.78 is 25.8. The lowest BCUT2D eigenvalue weighted by atomic mass is 10.4. The van der Waals surface area contributed by atoms with Crippen LogP contribution in [0.15, 0.2) is 6.20 Å². The average molecular weight is 277 g/mol. The van der Waals surface area contributed by atoms with Gasteiger partial charge >= 0.3 is 0 Å². The van der Waals surface area contributed by atoms with Crippen LogP contribution in [0.5, 0.6) is 0 Å². The Hall–Kier alpha value is -0.500. The Morgan fingerprint density at radius 3 is 2.71 bits per heavy atom. The topological polar surface area (TPSA) is 71.1 Å². The van der Waals surface area contributed by atoms with E-state index in [1.807, 2.05) is 20.8 Å². The van der Waals surface area contributed by atoms with Crippen molar-refractivity contribution in [1.82, 2.24) is 15.0 Å². The molecule has 0 radical (unpaired) electrons. The largest absolute Gasteiger partial charge is 0.313 e. The first-order valence-corrected chi connectivity index (χ1v) is 7.98. The van der Waals surface area contributed by atoms with Crippen LogP contribution in [0.2, 0.25) is 0 Å². The van der Waals surface area contributed by atoms with Crippen molar-refractivity contribution in [2.75, 3.05) is 12.3 Å². The molecule has 0 saturated heterocycles. The van der Waals surface area contributed by atoms with Crippen LogP contribution >= 0.6 is 11.3 Å². The number of aryl methyl sites for hydroxylation is 1. The molecule has 17 heavy (non-hydrogen) atoms. The highest BCUT2D eigenvalue weighted by atomic mass is 32.2. The predicted molar refractivity (Wildman–Crippen MR) is 70.6 cm³/mol. The number of nitrogens with zero attached hydrogens (tertiary/aromatic N) is 1. The number of hydrogen-bond acceptors (Lipinski definition) is 5. The summed E-state index contributed by atoms with van der Waals surface area (Å²) in [5.74, 6) is 0.0928. The van der Waals surface area contributed by atoms with Crippen molar-refractivity contribution in [1.29, 1.82) is 0 Å². The molecule has 0 aromatic carbocycles. The second-order valence-corrected chi connectivity index (χ2v) is 7.36. The number of hydrogen-bond donors (Lipinski definition) is 2. The Morgan fingerprint density at radius 1 is 1.47 bits per heavy atom. The van der Waals surface area contributed by atoms with E-state index in [0.29, 0.717) is 12.6 Å². The standard InChI is InChI=1S/C10H19N3O2S2/c1-8(2)11-4-5-17(14,15)13-7-10-12-6-9(3)16-10/h6,8,11,13H,4-5,7H2,1-3H3. The fourth-order valence-electron chi connectivity index (χ4n) is 1.21. The quantitative estimate of drug-likeness (QED) is 0.776. The fraction of sp³-hybridized carbons (Fsp3) is 0.700. The van der Waals surface area contributed by atoms with Crippen LogP contribution in [-0.2, 0) is 16.6 Å². The number of aromatic nitrogens is 1. The Labute approximate surface area is 107 Å². The van der Waals surface area contributed by atoms with Gasteiger partial charge < -0.3 is 5.32 Å². The third-order valence-corrected chi connectivity index (χ3v) is 4.27. The summed E-state index contributed by atoms with van der Waals surface area (Å²) in [6, 6.07) is 0.298. The summed E-state index contributed by atoms with van der Waals surface area (Å²) in [6.07, 6.45) is 1.74. The number of thiazole rings is 1. The maximum Gasteiger partial charge on any atom is 0.213 e. The van der Waals surface area contributed by atoms with Gasteiger partial charge in [0, 0.05) is 23.7 Å². The number of nitrogens with one attached hydrogen (secondary N) is 2. The minimum Gasteiger partial charge on any atom is -0.313 e. The van der Waals surface area contributed by atoms with Crippen LogP contribution < -0.4 is 10.0 Å². The lowest BCUT2D eigenvalue weighted by Gasteiger charge is -2.08. The molecule has 1 aromatic heterocycles. The van der Waals surface area contributed by atoms with E-state index < -0.39 is 10.0 Å². The van der Waals surface area contributed by atoms with Gasteiger partial charge in [-0.25, -0.2) is 18.1 Å². The molecule has 7 heteroatoms. The summed E-state index contributed by atoms with van der Waals surface area (Å²) in [6.45, 7) is 6.66. The molecule has 5 nitrogen and oxygen atoms in total. The van der Waals surface area contributed by atoms with Crippen molar-refractivity contribution >= 4 is 21.4 Å². The van der Waals surface area contributed by atoms with Gasteiger partial charge in [0.2, 0.25) is 10.0 Å². The Balaban J connectivity index is 2.34. The van der Waals surface area contributed by atoms with Crippen molar-refractivity contribution in [3.8, 4) is 0 Å². The molecule has 0 aliphatic heterocycles. The molecule has 1 heterocycles. The zero-order chi connectivity index (χ0) is 12.9. The summed E-state index contributed by atoms with van der Waals surface area (Å²) in [5, 5.41) is 3.87. The van der Waals surface area contributed by atoms with E-state index in [1.165, 1.54) is 11.3 Å². The monoisotopic (exact) mass is 277 g/mol. The zero-order valence-corrected chi connectivity index (χ0v) is 12.0. The van der Waals surface area contributed by atoms with E-state index in [4.69, 9.17) is 0 Å². The third kappa shape index (κ3) is 6.11. The molecule has 0 fully saturated rings. The van der Waals surface area contributed by atoms with Crippen molar-refractivity contribution in [3.63, 3.8) is 0 Å². The van der Waals surface area contributed by atoms with Gasteiger partial charge in [0.15, 0.2) is 0 Å². The molecule has 0 unspecified atom stereocenters. The number of sulfonamides is 1. The van der Waals surface area contributed by atoms with Gasteiger partial charge in [-0.1, -0.05) is 13.8 Å². The molecular weight excluding hydrogens is 258 g/mol. The van der Waals surface area contributed by atoms with Gasteiger partial charge in [-0.05, 0) is 6.92 Å². The second-order valence-electron chi connectivity index (χ2n) is 4.11. The second kappa shape index (κ2) is 6.44. The highest BCUT2D eigenvalue weighted by Crippen LogP contribution is 2.10. The highest BCUT2D eigenvalue weighted by Gasteiger charge is 2.10. The zero-order valence-electron chi connectivity index (χ0n) is 10.4. The van der Waals surface area contributed by atoms with E-state index in [2.05, 4.69) is 15.0 Å². The average Bonchev–Trinajstić information content (AvgIpc) is 2.61. The number of rotatable bonds is 7. The van der Waals surface area contributed by atoms with Crippen LogP contribution in [0.3, 0.4) is 0 Å². The normalized spacial score (nSPS) is 12.2. The van der Waals surface area contributed by atoms with E-state index >= 15 is 0 Å². The molecule has 0 saturated carbocycles. The van der Waals surface area contributed by atoms with E-state index in [0.717, 1.165) is 9.88 Å². The SMILES string of the molecule is Cc1cnc(CNS(=O)(=O)CCNC(C)C)s1. The lowest BCUT2D eigenvalue weighted by molar-refractivity contribution is 0.566. The van der Waals surface area contributed by atoms with Crippen LogP contribution in [0.25, 0.3) is 0 Å². The smallest absolute Gasteiger partial charge is 0.213 e. The molecule has 0 aliphatic carbocycles. The van der Waals surface area contributed by atoms with E-state index in [9.17, 15) is 8.42 Å². The van der Waals surface area contributed by atoms with Crippen molar-refractivity contribution in [2.45, 2.75) is 33.4 Å². The first-order chi connectivity index (χ1) is 7.89. The van der Waals surface area contributed by atoms with Crippen LogP contribution in [-0.4, -0.2) is 31.7 Å². The molecular formula is C10H19N3O2S2. The summed E-state index contributed by atoms with van der Waals surface area (Å²) >= 11 is 1.50. The van der Waals surface area contributed by atoms with Crippen molar-refractivity contribution < 1.29 is 8.42 Å². The molecule has 0 amide bonds. The summed E-state index contributed by atoms with van der Waals surface area (Å²) in [5.41, 5.74) is 0. The minimum atomic E-state index is -3.21. The molecule has 1 aromatic rings. The summed E-state index contributed by atoms with van der Waals surface area (Å²) in [7, 11) is -3.21. The van der Waals surface area contributed by atoms with Gasteiger partial charge in [0.05, 0.1) is 12.3 Å². The van der Waals surface area contributed by atoms with Crippen molar-refractivity contribution in [3.05, 3.63) is 16.1 Å². The molecule has 98 valence electrons. The molecule has 0 bridgehead atoms. The van der Waals surface area contributed by atoms with Gasteiger partial charge in [-0.2, -0.15) is 0 Å². The first-order valence-electron chi connectivity index (χ1n) is 5.51. The van der Waals surface area contributed by atoms with Crippen LogP contribution in [0.1, 0.15) is 23.7 Å². The minimum absolute atomic E-state index is 0.0928. The van der Waals surface area contributed by atoms with Gasteiger partial charge in [0.1, 0.15) is 5.01 Å². The maximum absolute atomic E-state index is 11.6. The third-order valence-electron chi connectivity index (χ3n) is 2.04. The highest BCUT2D eigenvalue weighted by molar-refractivity contribution is 7.89. The van der Waals surface area contributed by atoms with Crippen molar-refractivity contribution in [2.24, 2.45) is 0 Å². The molecule has 0 aliphatic rings. The molecule has 0 spiro atoms. The van der Waals surface area contributed by atoms with Gasteiger partial charge in [-0.15, -0.1) is 11.3 Å². The summed E-state index contributed by atoms with van der Waals surface area (Å²) in [4.78, 5) is 5.19. The van der Waals surface area contributed by atoms with Gasteiger partial charge in [-0.3, -0.25) is 0 Å². The molecule has 0 atom stereocenters. The van der Waals surface area contributed by atoms with Crippen LogP contribution in [0, 0.1) is 6.92 Å². The Kier molecular flexibility index (Phi) is 5.51. The predicted octanol–water partition coefficient (Wildman–Crippen LogP) is 0.869. The Morgan fingerprint density at radius 2 is 2.18 bits per heavy atom. The lowest BCUT2D eigenvalue weighted by Crippen LogP contribution is -2.34. The van der Waals surface area contributed by atoms with E-state index in [1.54, 1.807) is 6.20 Å². The van der Waals surface area contributed by atoms with E-state index in [-0.39, 0.29) is 12.3 Å². The molecule has 2 N–H and O–H groups in total. The molecule has 1 rings (SSSR count).